The topological polar surface area (TPSA) is 298 Å². The fourth-order valence-electron chi connectivity index (χ4n) is 0. The Morgan fingerprint density at radius 1 is 0.250 bits per heavy atom. The van der Waals surface area contributed by atoms with E-state index in [1.165, 1.54) is 0 Å². The second kappa shape index (κ2) is 45.5. The highest BCUT2D eigenvalue weighted by Gasteiger charge is 1.68. The molecule has 32 heavy (non-hydrogen) atoms. The van der Waals surface area contributed by atoms with Gasteiger partial charge in [-0.25, -0.2) is 0 Å². The Kier molecular flexibility index (Phi) is 72.4. The summed E-state index contributed by atoms with van der Waals surface area (Å²) in [5.74, 6) is -6.67. The molecule has 0 spiro atoms. The summed E-state index contributed by atoms with van der Waals surface area (Å²) >= 11 is 0. The smallest absolute Gasteiger partial charge is 0.300 e. The largest absolute Gasteiger partial charge is 0.481 e. The van der Waals surface area contributed by atoms with Crippen LogP contribution in [0.3, 0.4) is 0 Å². The highest BCUT2D eigenvalue weighted by molar-refractivity contribution is 5.64. The Labute approximate surface area is 183 Å². The molecule has 0 rings (SSSR count). The first-order valence-electron chi connectivity index (χ1n) is 7.42. The molecule has 0 fully saturated rings. The summed E-state index contributed by atoms with van der Waals surface area (Å²) in [6.07, 6.45) is 0. The van der Waals surface area contributed by atoms with E-state index in [9.17, 15) is 0 Å². The lowest BCUT2D eigenvalue weighted by Crippen LogP contribution is -1.78. The molecule has 0 aliphatic carbocycles. The van der Waals surface area contributed by atoms with E-state index < -0.39 is 47.8 Å². The van der Waals surface area contributed by atoms with Crippen LogP contribution < -0.4 is 0 Å². The van der Waals surface area contributed by atoms with E-state index in [1.54, 1.807) is 0 Å². The van der Waals surface area contributed by atoms with Gasteiger partial charge in [-0.2, -0.15) is 0 Å². The molecule has 0 amide bonds. The van der Waals surface area contributed by atoms with Gasteiger partial charge in [0.05, 0.1) is 0 Å². The van der Waals surface area contributed by atoms with Crippen molar-refractivity contribution >= 4 is 47.8 Å². The Morgan fingerprint density at radius 2 is 0.250 bits per heavy atom. The van der Waals surface area contributed by atoms with Crippen LogP contribution in [0, 0.1) is 0 Å². The molecule has 16 nitrogen and oxygen atoms in total. The predicted octanol–water partition coefficient (Wildman–Crippen LogP) is 0.727. The van der Waals surface area contributed by atoms with Crippen LogP contribution in [0.15, 0.2) is 0 Å². The number of aliphatic carboxylic acids is 8. The minimum atomic E-state index is -0.833. The van der Waals surface area contributed by atoms with E-state index in [0.717, 1.165) is 55.4 Å². The molecule has 0 heterocycles. The molecule has 0 saturated carbocycles. The molecule has 0 aromatic heterocycles. The zero-order valence-electron chi connectivity index (χ0n) is 18.8. The van der Waals surface area contributed by atoms with Crippen LogP contribution in [0.4, 0.5) is 0 Å². The maximum absolute atomic E-state index is 9.00. The number of carboxylic acids is 8. The molecule has 8 N–H and O–H groups in total. The first-order valence-corrected chi connectivity index (χ1v) is 7.42. The summed E-state index contributed by atoms with van der Waals surface area (Å²) in [4.78, 5) is 72.0. The third-order valence-electron chi connectivity index (χ3n) is 0. The quantitative estimate of drug-likeness (QED) is 0.237. The van der Waals surface area contributed by atoms with Gasteiger partial charge in [-0.05, 0) is 0 Å². The van der Waals surface area contributed by atoms with Crippen molar-refractivity contribution in [1.82, 2.24) is 0 Å². The van der Waals surface area contributed by atoms with Gasteiger partial charge in [-0.3, -0.25) is 38.4 Å². The van der Waals surface area contributed by atoms with Gasteiger partial charge in [0.2, 0.25) is 0 Å². The number of hydrogen-bond donors (Lipinski definition) is 8. The SMILES string of the molecule is CC(=O)O.CC(=O)O.CC(=O)O.CC(=O)O.CC(=O)O.CC(=O)O.CC(=O)O.CC(=O)O. The Hall–Kier alpha value is -4.24. The Balaban J connectivity index is -0.0000000343. The van der Waals surface area contributed by atoms with E-state index in [2.05, 4.69) is 0 Å². The van der Waals surface area contributed by atoms with E-state index >= 15 is 0 Å². The third kappa shape index (κ3) is 878. The minimum Gasteiger partial charge on any atom is -0.481 e. The molecule has 0 radical (unpaired) electrons. The van der Waals surface area contributed by atoms with Crippen molar-refractivity contribution in [1.29, 1.82) is 0 Å². The van der Waals surface area contributed by atoms with E-state index in [0.29, 0.717) is 0 Å². The summed E-state index contributed by atoms with van der Waals surface area (Å²) in [7, 11) is 0. The Bertz CT molecular complexity index is 360. The molecule has 0 aliphatic rings. The predicted molar refractivity (Wildman–Crippen MR) is 106 cm³/mol. The Morgan fingerprint density at radius 3 is 0.250 bits per heavy atom. The van der Waals surface area contributed by atoms with Gasteiger partial charge < -0.3 is 40.9 Å². The summed E-state index contributed by atoms with van der Waals surface area (Å²) in [5, 5.41) is 59.3. The van der Waals surface area contributed by atoms with Gasteiger partial charge in [0.25, 0.3) is 47.8 Å². The molecule has 0 aromatic carbocycles. The monoisotopic (exact) mass is 480 g/mol. The van der Waals surface area contributed by atoms with Crippen molar-refractivity contribution in [3.05, 3.63) is 0 Å². The number of carboxylic acid groups (broad SMARTS) is 8. The average molecular weight is 480 g/mol. The number of hydrogen-bond acceptors (Lipinski definition) is 8. The van der Waals surface area contributed by atoms with Gasteiger partial charge >= 0.3 is 0 Å². The zero-order valence-corrected chi connectivity index (χ0v) is 18.8. The normalized spacial score (nSPS) is 6.25. The summed E-state index contributed by atoms with van der Waals surface area (Å²) in [6.45, 7) is 8.67. The maximum Gasteiger partial charge on any atom is 0.300 e. The van der Waals surface area contributed by atoms with Crippen LogP contribution >= 0.6 is 0 Å². The summed E-state index contributed by atoms with van der Waals surface area (Å²) in [6, 6.07) is 0. The van der Waals surface area contributed by atoms with Crippen LogP contribution in [0.25, 0.3) is 0 Å². The third-order valence-corrected chi connectivity index (χ3v) is 0. The highest BCUT2D eigenvalue weighted by Crippen LogP contribution is 1.44. The fourth-order valence-corrected chi connectivity index (χ4v) is 0. The van der Waals surface area contributed by atoms with Crippen molar-refractivity contribution in [3.63, 3.8) is 0 Å². The van der Waals surface area contributed by atoms with E-state index in [1.807, 2.05) is 0 Å². The second-order valence-electron chi connectivity index (χ2n) is 4.15. The van der Waals surface area contributed by atoms with Crippen molar-refractivity contribution in [2.75, 3.05) is 0 Å². The number of carbonyl (C=O) groups is 8. The van der Waals surface area contributed by atoms with Crippen molar-refractivity contribution in [2.45, 2.75) is 55.4 Å². The molecule has 0 saturated heterocycles. The zero-order chi connectivity index (χ0) is 28.6. The van der Waals surface area contributed by atoms with Crippen molar-refractivity contribution < 1.29 is 79.2 Å². The molecule has 0 bridgehead atoms. The van der Waals surface area contributed by atoms with Crippen molar-refractivity contribution in [3.8, 4) is 0 Å². The van der Waals surface area contributed by atoms with Gasteiger partial charge in [-0.1, -0.05) is 0 Å². The molecule has 0 aromatic rings. The van der Waals surface area contributed by atoms with Crippen molar-refractivity contribution in [2.24, 2.45) is 0 Å². The van der Waals surface area contributed by atoms with E-state index in [4.69, 9.17) is 79.2 Å². The van der Waals surface area contributed by atoms with Gasteiger partial charge in [0, 0.05) is 55.4 Å². The molecule has 16 heteroatoms. The molecule has 0 unspecified atom stereocenters. The second-order valence-corrected chi connectivity index (χ2v) is 4.15. The first-order chi connectivity index (χ1) is 13.9. The highest BCUT2D eigenvalue weighted by atomic mass is 16.4. The van der Waals surface area contributed by atoms with Crippen LogP contribution in [-0.2, 0) is 38.4 Å². The average Bonchev–Trinajstić information content (AvgIpc) is 2.30. The van der Waals surface area contributed by atoms with Crippen LogP contribution in [-0.4, -0.2) is 88.6 Å². The van der Waals surface area contributed by atoms with E-state index in [-0.39, 0.29) is 0 Å². The maximum atomic E-state index is 9.00. The lowest BCUT2D eigenvalue weighted by Gasteiger charge is -1.59. The minimum absolute atomic E-state index is 0.833. The van der Waals surface area contributed by atoms with Gasteiger partial charge in [0.15, 0.2) is 0 Å². The van der Waals surface area contributed by atoms with Crippen LogP contribution in [0.2, 0.25) is 0 Å². The van der Waals surface area contributed by atoms with Gasteiger partial charge in [0.1, 0.15) is 0 Å². The fraction of sp³-hybridized carbons (Fsp3) is 0.500. The first kappa shape index (κ1) is 50.9. The molecule has 0 atom stereocenters. The van der Waals surface area contributed by atoms with Crippen LogP contribution in [0.1, 0.15) is 55.4 Å². The lowest BCUT2D eigenvalue weighted by atomic mass is 10.9. The summed E-state index contributed by atoms with van der Waals surface area (Å²) in [5.41, 5.74) is 0. The number of rotatable bonds is 0. The molecular formula is C16H32O16. The standard InChI is InChI=1S/8C2H4O2/c8*1-2(3)4/h8*1H3,(H,3,4). The van der Waals surface area contributed by atoms with Crippen LogP contribution in [0.5, 0.6) is 0 Å². The van der Waals surface area contributed by atoms with Gasteiger partial charge in [-0.15, -0.1) is 0 Å². The molecule has 0 aliphatic heterocycles. The summed E-state index contributed by atoms with van der Waals surface area (Å²) < 4.78 is 0. The molecule has 192 valence electrons. The lowest BCUT2D eigenvalue weighted by molar-refractivity contribution is -0.135. The molecular weight excluding hydrogens is 448 g/mol.